The normalized spacial score (nSPS) is 14.7. The first-order valence-corrected chi connectivity index (χ1v) is 9.84. The molecule has 0 radical (unpaired) electrons. The van der Waals surface area contributed by atoms with Crippen molar-refractivity contribution in [2.45, 2.75) is 0 Å². The lowest BCUT2D eigenvalue weighted by atomic mass is 10.2. The number of hydrogen-bond donors (Lipinski definition) is 2. The third kappa shape index (κ3) is 4.97. The number of thiocarbonyl (C=S) groups is 1. The van der Waals surface area contributed by atoms with Crippen molar-refractivity contribution in [2.24, 2.45) is 5.73 Å². The zero-order valence-electron chi connectivity index (χ0n) is 15.8. The number of rotatable bonds is 7. The molecule has 1 fully saturated rings. The maximum absolute atomic E-state index is 12.8. The average molecular weight is 444 g/mol. The topological polar surface area (TPSA) is 111 Å². The Balaban J connectivity index is 1.76. The molecule has 3 amide bonds. The summed E-state index contributed by atoms with van der Waals surface area (Å²) in [5.74, 6) is -0.574. The Bertz CT molecular complexity index is 1040. The summed E-state index contributed by atoms with van der Waals surface area (Å²) in [7, 11) is 1.53. The van der Waals surface area contributed by atoms with Crippen LogP contribution < -0.4 is 20.6 Å². The second-order valence-corrected chi connectivity index (χ2v) is 7.66. The summed E-state index contributed by atoms with van der Waals surface area (Å²) in [6, 6.07) is 13.3. The number of carbonyl (C=O) groups excluding carboxylic acids is 3. The first kappa shape index (κ1) is 21.3. The van der Waals surface area contributed by atoms with E-state index in [1.165, 1.54) is 7.11 Å². The molecule has 3 rings (SSSR count). The summed E-state index contributed by atoms with van der Waals surface area (Å²) >= 11 is 6.28. The van der Waals surface area contributed by atoms with E-state index in [1.807, 2.05) is 0 Å². The van der Waals surface area contributed by atoms with Crippen molar-refractivity contribution in [3.8, 4) is 11.5 Å². The third-order valence-corrected chi connectivity index (χ3v) is 5.24. The minimum atomic E-state index is -0.614. The van der Waals surface area contributed by atoms with Crippen molar-refractivity contribution < 1.29 is 23.9 Å². The summed E-state index contributed by atoms with van der Waals surface area (Å²) in [5, 5.41) is 1.02. The summed E-state index contributed by atoms with van der Waals surface area (Å²) in [6.07, 6.45) is 1.58. The van der Waals surface area contributed by atoms with Gasteiger partial charge in [0.05, 0.1) is 12.0 Å². The van der Waals surface area contributed by atoms with Crippen LogP contribution in [0, 0.1) is 0 Å². The molecule has 0 aliphatic carbocycles. The van der Waals surface area contributed by atoms with E-state index in [-0.39, 0.29) is 10.9 Å². The van der Waals surface area contributed by atoms with Crippen molar-refractivity contribution in [1.29, 1.82) is 0 Å². The van der Waals surface area contributed by atoms with Crippen molar-refractivity contribution in [3.05, 3.63) is 64.6 Å². The van der Waals surface area contributed by atoms with Gasteiger partial charge in [0.25, 0.3) is 17.7 Å². The first-order valence-electron chi connectivity index (χ1n) is 8.62. The molecule has 0 unspecified atom stereocenters. The van der Waals surface area contributed by atoms with Gasteiger partial charge in [0, 0.05) is 11.1 Å². The Morgan fingerprint density at radius 2 is 1.90 bits per heavy atom. The predicted molar refractivity (Wildman–Crippen MR) is 117 cm³/mol. The van der Waals surface area contributed by atoms with Crippen molar-refractivity contribution in [2.75, 3.05) is 13.7 Å². The number of carbonyl (C=O) groups is 3. The first-order chi connectivity index (χ1) is 14.4. The molecule has 0 spiro atoms. The molecule has 10 heteroatoms. The number of primary amides is 1. The van der Waals surface area contributed by atoms with E-state index in [2.05, 4.69) is 5.43 Å². The summed E-state index contributed by atoms with van der Waals surface area (Å²) in [5.41, 5.74) is 8.54. The summed E-state index contributed by atoms with van der Waals surface area (Å²) in [6.45, 7) is -0.288. The fourth-order valence-corrected chi connectivity index (χ4v) is 3.66. The fourth-order valence-electron chi connectivity index (χ4n) is 2.49. The second kappa shape index (κ2) is 9.42. The van der Waals surface area contributed by atoms with Gasteiger partial charge >= 0.3 is 0 Å². The maximum Gasteiger partial charge on any atom is 0.285 e. The summed E-state index contributed by atoms with van der Waals surface area (Å²) < 4.78 is 10.6. The Hall–Kier alpha value is -3.37. The van der Waals surface area contributed by atoms with Gasteiger partial charge in [-0.05, 0) is 48.6 Å². The Labute approximate surface area is 182 Å². The molecule has 1 aliphatic rings. The number of hydrazine groups is 1. The minimum absolute atomic E-state index is 0.184. The highest BCUT2D eigenvalue weighted by Gasteiger charge is 2.34. The van der Waals surface area contributed by atoms with Gasteiger partial charge in [0.15, 0.2) is 10.9 Å². The van der Waals surface area contributed by atoms with Gasteiger partial charge in [-0.1, -0.05) is 30.0 Å². The SMILES string of the molecule is COc1ccc(C(=O)NN2C(=O)C(=Cc3ccccc3OCC(N)=O)SC2=S)cc1. The molecule has 2 aromatic carbocycles. The van der Waals surface area contributed by atoms with Crippen LogP contribution in [0.25, 0.3) is 6.08 Å². The molecule has 0 bridgehead atoms. The molecular weight excluding hydrogens is 426 g/mol. The van der Waals surface area contributed by atoms with Gasteiger partial charge in [0.1, 0.15) is 11.5 Å². The van der Waals surface area contributed by atoms with Gasteiger partial charge in [0.2, 0.25) is 0 Å². The molecule has 30 heavy (non-hydrogen) atoms. The van der Waals surface area contributed by atoms with Crippen LogP contribution in [-0.2, 0) is 9.59 Å². The molecule has 0 aromatic heterocycles. The third-order valence-electron chi connectivity index (χ3n) is 3.93. The fraction of sp³-hybridized carbons (Fsp3) is 0.100. The quantitative estimate of drug-likeness (QED) is 0.498. The van der Waals surface area contributed by atoms with Gasteiger partial charge in [-0.15, -0.1) is 0 Å². The van der Waals surface area contributed by atoms with E-state index in [0.717, 1.165) is 16.8 Å². The number of hydrogen-bond acceptors (Lipinski definition) is 7. The molecule has 3 N–H and O–H groups in total. The highest BCUT2D eigenvalue weighted by molar-refractivity contribution is 8.26. The standard InChI is InChI=1S/C20H17N3O5S2/c1-27-14-8-6-12(7-9-14)18(25)22-23-19(26)16(30-20(23)29)10-13-4-2-3-5-15(13)28-11-17(21)24/h2-10H,11H2,1H3,(H2,21,24)(H,22,25). The molecule has 1 aliphatic heterocycles. The molecule has 154 valence electrons. The molecular formula is C20H17N3O5S2. The van der Waals surface area contributed by atoms with Gasteiger partial charge in [-0.3, -0.25) is 19.8 Å². The predicted octanol–water partition coefficient (Wildman–Crippen LogP) is 2.11. The lowest BCUT2D eigenvalue weighted by molar-refractivity contribution is -0.123. The molecule has 1 heterocycles. The van der Waals surface area contributed by atoms with E-state index in [4.69, 9.17) is 27.4 Å². The minimum Gasteiger partial charge on any atom is -0.497 e. The molecule has 2 aromatic rings. The van der Waals surface area contributed by atoms with E-state index in [9.17, 15) is 14.4 Å². The van der Waals surface area contributed by atoms with Crippen molar-refractivity contribution >= 4 is 52.1 Å². The van der Waals surface area contributed by atoms with Crippen LogP contribution in [0.15, 0.2) is 53.4 Å². The zero-order valence-corrected chi connectivity index (χ0v) is 17.4. The highest BCUT2D eigenvalue weighted by Crippen LogP contribution is 2.33. The number of nitrogens with two attached hydrogens (primary N) is 1. The van der Waals surface area contributed by atoms with Gasteiger partial charge < -0.3 is 15.2 Å². The van der Waals surface area contributed by atoms with Gasteiger partial charge in [-0.25, -0.2) is 0 Å². The number of ether oxygens (including phenoxy) is 2. The Kier molecular flexibility index (Phi) is 6.70. The molecule has 0 saturated carbocycles. The summed E-state index contributed by atoms with van der Waals surface area (Å²) in [4.78, 5) is 36.5. The smallest absolute Gasteiger partial charge is 0.285 e. The van der Waals surface area contributed by atoms with Crippen molar-refractivity contribution in [3.63, 3.8) is 0 Å². The molecule has 1 saturated heterocycles. The van der Waals surface area contributed by atoms with Crippen LogP contribution in [0.4, 0.5) is 0 Å². The van der Waals surface area contributed by atoms with Crippen LogP contribution in [0.1, 0.15) is 15.9 Å². The number of nitrogens with one attached hydrogen (secondary N) is 1. The Morgan fingerprint density at radius 3 is 2.57 bits per heavy atom. The van der Waals surface area contributed by atoms with Crippen LogP contribution in [0.3, 0.4) is 0 Å². The zero-order chi connectivity index (χ0) is 21.7. The van der Waals surface area contributed by atoms with E-state index < -0.39 is 17.7 Å². The van der Waals surface area contributed by atoms with Crippen LogP contribution >= 0.6 is 24.0 Å². The lowest BCUT2D eigenvalue weighted by Gasteiger charge is -2.15. The molecule has 8 nitrogen and oxygen atoms in total. The number of para-hydroxylation sites is 1. The average Bonchev–Trinajstić information content (AvgIpc) is 3.00. The number of amides is 3. The van der Waals surface area contributed by atoms with Crippen LogP contribution in [-0.4, -0.2) is 40.8 Å². The van der Waals surface area contributed by atoms with Crippen molar-refractivity contribution in [1.82, 2.24) is 10.4 Å². The number of thioether (sulfide) groups is 1. The van der Waals surface area contributed by atoms with Crippen LogP contribution in [0.5, 0.6) is 11.5 Å². The number of nitrogens with zero attached hydrogens (tertiary/aromatic N) is 1. The Morgan fingerprint density at radius 1 is 1.20 bits per heavy atom. The van der Waals surface area contributed by atoms with Gasteiger partial charge in [-0.2, -0.15) is 5.01 Å². The highest BCUT2D eigenvalue weighted by atomic mass is 32.2. The monoisotopic (exact) mass is 443 g/mol. The number of benzene rings is 2. The number of methoxy groups -OCH3 is 1. The second-order valence-electron chi connectivity index (χ2n) is 5.98. The maximum atomic E-state index is 12.8. The molecule has 0 atom stereocenters. The largest absolute Gasteiger partial charge is 0.497 e. The van der Waals surface area contributed by atoms with E-state index in [0.29, 0.717) is 27.5 Å². The lowest BCUT2D eigenvalue weighted by Crippen LogP contribution is -2.44. The van der Waals surface area contributed by atoms with E-state index in [1.54, 1.807) is 54.6 Å². The van der Waals surface area contributed by atoms with Crippen LogP contribution in [0.2, 0.25) is 0 Å². The van der Waals surface area contributed by atoms with E-state index >= 15 is 0 Å².